The molecule has 7 nitrogen and oxygen atoms in total. The molecule has 1 atom stereocenters. The number of aromatic amines is 1. The highest BCUT2D eigenvalue weighted by Crippen LogP contribution is 2.29. The lowest BCUT2D eigenvalue weighted by Gasteiger charge is -2.10. The van der Waals surface area contributed by atoms with Crippen molar-refractivity contribution < 1.29 is 0 Å². The van der Waals surface area contributed by atoms with Crippen LogP contribution >= 0.6 is 11.9 Å². The van der Waals surface area contributed by atoms with Crippen LogP contribution in [0.15, 0.2) is 36.7 Å². The second-order valence-electron chi connectivity index (χ2n) is 6.04. The van der Waals surface area contributed by atoms with Gasteiger partial charge in [0.15, 0.2) is 0 Å². The van der Waals surface area contributed by atoms with Crippen molar-refractivity contribution in [2.24, 2.45) is 0 Å². The summed E-state index contributed by atoms with van der Waals surface area (Å²) in [7, 11) is 0. The van der Waals surface area contributed by atoms with Gasteiger partial charge in [0, 0.05) is 29.4 Å². The summed E-state index contributed by atoms with van der Waals surface area (Å²) in [6, 6.07) is 8.33. The lowest BCUT2D eigenvalue weighted by atomic mass is 10.1. The molecule has 0 spiro atoms. The number of nitrogens with one attached hydrogen (secondary N) is 2. The molecule has 0 saturated carbocycles. The Kier molecular flexibility index (Phi) is 4.06. The summed E-state index contributed by atoms with van der Waals surface area (Å²) in [6.45, 7) is 2.89. The third kappa shape index (κ3) is 2.94. The topological polar surface area (TPSA) is 97.4 Å². The van der Waals surface area contributed by atoms with Crippen LogP contribution in [0.1, 0.15) is 6.92 Å². The van der Waals surface area contributed by atoms with E-state index in [-0.39, 0.29) is 0 Å². The van der Waals surface area contributed by atoms with Gasteiger partial charge in [-0.2, -0.15) is 10.2 Å². The van der Waals surface area contributed by atoms with Crippen LogP contribution < -0.4 is 10.5 Å². The summed E-state index contributed by atoms with van der Waals surface area (Å²) in [6.07, 6.45) is 5.72. The van der Waals surface area contributed by atoms with Crippen LogP contribution in [-0.2, 0) is 6.54 Å². The Morgan fingerprint density at radius 1 is 1.32 bits per heavy atom. The van der Waals surface area contributed by atoms with E-state index in [1.54, 1.807) is 18.1 Å². The molecule has 1 aromatic carbocycles. The van der Waals surface area contributed by atoms with E-state index in [1.807, 2.05) is 41.4 Å². The molecule has 0 radical (unpaired) electrons. The van der Waals surface area contributed by atoms with Crippen molar-refractivity contribution >= 4 is 39.6 Å². The Balaban J connectivity index is 1.81. The number of nitrogens with two attached hydrogens (primary N) is 1. The molecular formula is C17H19N7S. The highest BCUT2D eigenvalue weighted by Gasteiger charge is 2.13. The quantitative estimate of drug-likeness (QED) is 0.477. The van der Waals surface area contributed by atoms with Gasteiger partial charge >= 0.3 is 0 Å². The number of anilines is 1. The van der Waals surface area contributed by atoms with Crippen LogP contribution in [0, 0.1) is 0 Å². The van der Waals surface area contributed by atoms with E-state index in [0.29, 0.717) is 11.9 Å². The number of benzene rings is 1. The number of rotatable bonds is 5. The Morgan fingerprint density at radius 2 is 2.20 bits per heavy atom. The average molecular weight is 353 g/mol. The van der Waals surface area contributed by atoms with Crippen LogP contribution in [0.3, 0.4) is 0 Å². The molecule has 3 aromatic heterocycles. The number of nitrogen functional groups attached to an aromatic ring is 1. The molecular weight excluding hydrogens is 334 g/mol. The molecule has 8 heteroatoms. The van der Waals surface area contributed by atoms with Gasteiger partial charge in [0.2, 0.25) is 0 Å². The number of fused-ring (bicyclic) bond motifs is 3. The number of aromatic nitrogens is 5. The number of hydrogen-bond donors (Lipinski definition) is 3. The predicted octanol–water partition coefficient (Wildman–Crippen LogP) is 2.81. The normalized spacial score (nSPS) is 12.9. The van der Waals surface area contributed by atoms with Gasteiger partial charge in [-0.25, -0.2) is 4.98 Å². The fraction of sp³-hybridized carbons (Fsp3) is 0.235. The van der Waals surface area contributed by atoms with Crippen molar-refractivity contribution in [1.29, 1.82) is 0 Å². The largest absolute Gasteiger partial charge is 0.383 e. The lowest BCUT2D eigenvalue weighted by molar-refractivity contribution is 0.522. The second-order valence-corrected chi connectivity index (χ2v) is 6.68. The van der Waals surface area contributed by atoms with Gasteiger partial charge in [0.05, 0.1) is 23.1 Å². The maximum Gasteiger partial charge on any atom is 0.135 e. The summed E-state index contributed by atoms with van der Waals surface area (Å²) in [5, 5.41) is 13.6. The molecule has 0 saturated heterocycles. The molecule has 0 fully saturated rings. The molecule has 4 aromatic rings. The Morgan fingerprint density at radius 3 is 2.96 bits per heavy atom. The minimum Gasteiger partial charge on any atom is -0.383 e. The van der Waals surface area contributed by atoms with E-state index in [9.17, 15) is 0 Å². The number of nitrogens with zero attached hydrogens (tertiary/aromatic N) is 4. The third-order valence-corrected chi connectivity index (χ3v) is 4.76. The van der Waals surface area contributed by atoms with Crippen molar-refractivity contribution in [2.75, 3.05) is 12.0 Å². The first-order valence-corrected chi connectivity index (χ1v) is 9.23. The first-order valence-electron chi connectivity index (χ1n) is 8.00. The SMILES string of the molecule is CSNC(C)Cn1cc2c(N)nc3cc(-c4ccn[nH]4)ccc3c2n1. The molecule has 4 rings (SSSR count). The van der Waals surface area contributed by atoms with E-state index in [1.165, 1.54) is 0 Å². The third-order valence-electron chi connectivity index (χ3n) is 4.12. The first-order chi connectivity index (χ1) is 12.2. The molecule has 3 heterocycles. The van der Waals surface area contributed by atoms with Crippen LogP contribution in [0.2, 0.25) is 0 Å². The molecule has 0 bridgehead atoms. The van der Waals surface area contributed by atoms with E-state index in [0.717, 1.165) is 39.6 Å². The summed E-state index contributed by atoms with van der Waals surface area (Å²) >= 11 is 1.61. The monoisotopic (exact) mass is 353 g/mol. The highest BCUT2D eigenvalue weighted by molar-refractivity contribution is 7.96. The molecule has 128 valence electrons. The molecule has 1 unspecified atom stereocenters. The summed E-state index contributed by atoms with van der Waals surface area (Å²) in [4.78, 5) is 4.57. The van der Waals surface area contributed by atoms with Crippen molar-refractivity contribution in [2.45, 2.75) is 19.5 Å². The standard InChI is InChI=1S/C17H19N7S/c1-10(23-25-2)8-24-9-13-16(22-24)12-4-3-11(14-5-6-19-21-14)7-15(12)20-17(13)18/h3-7,9-10,23H,8H2,1-2H3,(H2,18,20)(H,19,21). The van der Waals surface area contributed by atoms with Gasteiger partial charge in [0.1, 0.15) is 11.3 Å². The Bertz CT molecular complexity index is 1020. The molecule has 0 aliphatic carbocycles. The van der Waals surface area contributed by atoms with Crippen LogP contribution in [0.4, 0.5) is 5.82 Å². The Labute approximate surface area is 149 Å². The van der Waals surface area contributed by atoms with Gasteiger partial charge < -0.3 is 5.73 Å². The first kappa shape index (κ1) is 15.9. The smallest absolute Gasteiger partial charge is 0.135 e. The van der Waals surface area contributed by atoms with E-state index in [4.69, 9.17) is 10.8 Å². The summed E-state index contributed by atoms with van der Waals surface area (Å²) in [5.74, 6) is 0.501. The van der Waals surface area contributed by atoms with Crippen molar-refractivity contribution in [1.82, 2.24) is 29.7 Å². The zero-order valence-corrected chi connectivity index (χ0v) is 14.8. The van der Waals surface area contributed by atoms with Gasteiger partial charge in [-0.15, -0.1) is 0 Å². The minimum absolute atomic E-state index is 0.303. The summed E-state index contributed by atoms with van der Waals surface area (Å²) in [5.41, 5.74) is 9.88. The average Bonchev–Trinajstić information content (AvgIpc) is 3.24. The van der Waals surface area contributed by atoms with Crippen molar-refractivity contribution in [3.8, 4) is 11.3 Å². The van der Waals surface area contributed by atoms with Crippen molar-refractivity contribution in [3.63, 3.8) is 0 Å². The molecule has 0 aliphatic rings. The van der Waals surface area contributed by atoms with Gasteiger partial charge in [-0.05, 0) is 31.4 Å². The van der Waals surface area contributed by atoms with Crippen LogP contribution in [0.5, 0.6) is 0 Å². The van der Waals surface area contributed by atoms with Gasteiger partial charge in [-0.3, -0.25) is 14.5 Å². The predicted molar refractivity (Wildman–Crippen MR) is 103 cm³/mol. The summed E-state index contributed by atoms with van der Waals surface area (Å²) < 4.78 is 5.24. The zero-order valence-electron chi connectivity index (χ0n) is 14.0. The fourth-order valence-corrected chi connectivity index (χ4v) is 3.50. The number of H-pyrrole nitrogens is 1. The van der Waals surface area contributed by atoms with Gasteiger partial charge in [-0.1, -0.05) is 18.0 Å². The fourth-order valence-electron chi connectivity index (χ4n) is 3.02. The minimum atomic E-state index is 0.303. The zero-order chi connectivity index (χ0) is 17.4. The molecule has 4 N–H and O–H groups in total. The van der Waals surface area contributed by atoms with Crippen LogP contribution in [-0.4, -0.2) is 37.3 Å². The van der Waals surface area contributed by atoms with E-state index < -0.39 is 0 Å². The van der Waals surface area contributed by atoms with Crippen molar-refractivity contribution in [3.05, 3.63) is 36.7 Å². The molecule has 25 heavy (non-hydrogen) atoms. The molecule has 0 aliphatic heterocycles. The van der Waals surface area contributed by atoms with Crippen LogP contribution in [0.25, 0.3) is 33.1 Å². The number of hydrogen-bond acceptors (Lipinski definition) is 6. The Hall–Kier alpha value is -2.58. The lowest BCUT2D eigenvalue weighted by Crippen LogP contribution is -2.24. The van der Waals surface area contributed by atoms with Gasteiger partial charge in [0.25, 0.3) is 0 Å². The maximum atomic E-state index is 6.19. The second kappa shape index (κ2) is 6.38. The number of pyridine rings is 1. The molecule has 0 amide bonds. The van der Waals surface area contributed by atoms with E-state index in [2.05, 4.69) is 26.8 Å². The maximum absolute atomic E-state index is 6.19. The highest BCUT2D eigenvalue weighted by atomic mass is 32.2. The van der Waals surface area contributed by atoms with E-state index >= 15 is 0 Å².